The van der Waals surface area contributed by atoms with Crippen LogP contribution in [0.5, 0.6) is 0 Å². The number of hydrogen-bond donors (Lipinski definition) is 0. The van der Waals surface area contributed by atoms with E-state index >= 15 is 0 Å². The van der Waals surface area contributed by atoms with Crippen molar-refractivity contribution in [3.05, 3.63) is 213 Å². The summed E-state index contributed by atoms with van der Waals surface area (Å²) in [7, 11) is 0. The van der Waals surface area contributed by atoms with Gasteiger partial charge in [-0.25, -0.2) is 9.97 Å². The molecule has 0 saturated carbocycles. The molecule has 6 aromatic carbocycles. The molecular weight excluding hydrogens is 905 g/mol. The minimum absolute atomic E-state index is 0. The second-order valence-electron chi connectivity index (χ2n) is 13.9. The van der Waals surface area contributed by atoms with Crippen LogP contribution in [0.1, 0.15) is 0 Å². The van der Waals surface area contributed by atoms with Crippen molar-refractivity contribution >= 4 is 68.0 Å². The molecule has 0 atom stereocenters. The summed E-state index contributed by atoms with van der Waals surface area (Å²) in [5.41, 5.74) is 11.8. The van der Waals surface area contributed by atoms with E-state index < -0.39 is 0 Å². The summed E-state index contributed by atoms with van der Waals surface area (Å²) < 4.78 is 2.10. The summed E-state index contributed by atoms with van der Waals surface area (Å²) in [6.45, 7) is -0.294. The summed E-state index contributed by atoms with van der Waals surface area (Å²) in [6.07, 6.45) is 7.20. The first-order valence-electron chi connectivity index (χ1n) is 19.0. The summed E-state index contributed by atoms with van der Waals surface area (Å²) in [5, 5.41) is 2.09. The number of rotatable bonds is 9. The number of hydrogen-bond acceptors (Lipinski definition) is 4. The van der Waals surface area contributed by atoms with Crippen LogP contribution >= 0.6 is 0 Å². The second-order valence-corrected chi connectivity index (χ2v) is 13.9. The minimum atomic E-state index is -0.147. The molecule has 10 aromatic rings. The molecule has 4 heterocycles. The summed E-state index contributed by atoms with van der Waals surface area (Å²) in [4.78, 5) is 18.8. The first-order chi connectivity index (χ1) is 28.3. The normalized spacial score (nSPS) is 10.8. The van der Waals surface area contributed by atoms with Gasteiger partial charge in [-0.1, -0.05) is 107 Å². The zero-order chi connectivity index (χ0) is 38.0. The predicted molar refractivity (Wildman–Crippen MR) is 233 cm³/mol. The van der Waals surface area contributed by atoms with E-state index in [-0.39, 0.29) is 54.3 Å². The molecule has 0 aliphatic carbocycles. The first-order valence-corrected chi connectivity index (χ1v) is 19.0. The molecule has 0 amide bonds. The molecule has 0 fully saturated rings. The van der Waals surface area contributed by atoms with Gasteiger partial charge >= 0.3 is 40.8 Å². The third-order valence-corrected chi connectivity index (χ3v) is 10.4. The molecule has 4 aromatic heterocycles. The van der Waals surface area contributed by atoms with Crippen LogP contribution in [0.4, 0.5) is 0 Å². The molecule has 282 valence electrons. The van der Waals surface area contributed by atoms with Gasteiger partial charge in [0, 0.05) is 24.8 Å². The molecule has 0 spiro atoms. The van der Waals surface area contributed by atoms with Crippen molar-refractivity contribution in [3.8, 4) is 28.5 Å². The molecule has 0 N–H and O–H groups in total. The topological polar surface area (TPSA) is 56.5 Å². The average Bonchev–Trinajstić information content (AvgIpc) is 3.61. The third-order valence-electron chi connectivity index (χ3n) is 10.4. The van der Waals surface area contributed by atoms with Gasteiger partial charge in [0.2, 0.25) is 5.95 Å². The Bertz CT molecular complexity index is 2790. The van der Waals surface area contributed by atoms with Gasteiger partial charge in [0.15, 0.2) is 13.4 Å². The van der Waals surface area contributed by atoms with E-state index in [1.54, 1.807) is 12.4 Å². The zero-order valence-electron chi connectivity index (χ0n) is 31.4. The van der Waals surface area contributed by atoms with Gasteiger partial charge in [-0.15, -0.1) is 59.7 Å². The van der Waals surface area contributed by atoms with Crippen molar-refractivity contribution in [1.82, 2.24) is 24.5 Å². The van der Waals surface area contributed by atoms with Gasteiger partial charge in [-0.3, -0.25) is 0 Å². The first kappa shape index (κ1) is 39.8. The molecule has 59 heavy (non-hydrogen) atoms. The molecule has 9 heteroatoms. The fourth-order valence-electron chi connectivity index (χ4n) is 7.84. The molecule has 5 nitrogen and oxygen atoms in total. The molecule has 0 saturated heterocycles. The van der Waals surface area contributed by atoms with Crippen LogP contribution in [0.3, 0.4) is 0 Å². The van der Waals surface area contributed by atoms with E-state index in [0.717, 1.165) is 77.1 Å². The van der Waals surface area contributed by atoms with Crippen molar-refractivity contribution < 1.29 is 40.8 Å². The number of fused-ring (bicyclic) bond motifs is 3. The van der Waals surface area contributed by atoms with E-state index in [1.165, 1.54) is 0 Å². The minimum Gasteiger partial charge on any atom is -0.328 e. The third kappa shape index (κ3) is 7.92. The molecule has 0 unspecified atom stereocenters. The van der Waals surface area contributed by atoms with Crippen molar-refractivity contribution in [2.45, 2.75) is 0 Å². The van der Waals surface area contributed by atoms with Crippen LogP contribution < -0.4 is 32.8 Å². The average molecular weight is 936 g/mol. The summed E-state index contributed by atoms with van der Waals surface area (Å²) >= 11 is 0. The van der Waals surface area contributed by atoms with Gasteiger partial charge in [0.05, 0.1) is 0 Å². The largest absolute Gasteiger partial charge is 2.00 e. The van der Waals surface area contributed by atoms with Crippen molar-refractivity contribution in [3.63, 3.8) is 0 Å². The number of pyridine rings is 2. The Kier molecular flexibility index (Phi) is 12.0. The molecule has 0 aliphatic heterocycles. The number of aromatic nitrogens is 5. The van der Waals surface area contributed by atoms with Crippen LogP contribution in [0, 0.1) is 24.3 Å². The van der Waals surface area contributed by atoms with Gasteiger partial charge < -0.3 is 14.5 Å². The summed E-state index contributed by atoms with van der Waals surface area (Å²) in [6, 6.07) is 71.5. The molecule has 0 bridgehead atoms. The Morgan fingerprint density at radius 3 is 1.22 bits per heavy atom. The fourth-order valence-corrected chi connectivity index (χ4v) is 7.84. The molecule has 0 aliphatic rings. The fraction of sp³-hybridized carbons (Fsp3) is 0. The quantitative estimate of drug-likeness (QED) is 0.133. The van der Waals surface area contributed by atoms with E-state index in [0.29, 0.717) is 5.95 Å². The van der Waals surface area contributed by atoms with Crippen molar-refractivity contribution in [2.75, 3.05) is 0 Å². The Balaban J connectivity index is 0.00000242. The van der Waals surface area contributed by atoms with Crippen LogP contribution in [0.25, 0.3) is 50.3 Å². The van der Waals surface area contributed by atoms with Crippen LogP contribution in [-0.4, -0.2) is 37.9 Å². The SMILES string of the molecule is [Pd+2].[Pd+2].[c-]1c(B(c2[c-]c3c(cc2)c2ccc(B(c4[c-]c(-c5ccccn5)ccc4)c4ccccc4)[c-]c2n3-c2ncccn2)c2ccccc2)cccc1-c1ccccn1. The van der Waals surface area contributed by atoms with E-state index in [2.05, 4.69) is 160 Å². The summed E-state index contributed by atoms with van der Waals surface area (Å²) in [5.74, 6) is 0.555. The monoisotopic (exact) mass is 935 g/mol. The Hall–Kier alpha value is -6.05. The zero-order valence-corrected chi connectivity index (χ0v) is 34.5. The molecular formula is C50H31B2N5Pd2. The smallest absolute Gasteiger partial charge is 0.328 e. The maximum Gasteiger partial charge on any atom is 2.00 e. The Labute approximate surface area is 372 Å². The van der Waals surface area contributed by atoms with Crippen molar-refractivity contribution in [1.29, 1.82) is 0 Å². The van der Waals surface area contributed by atoms with Gasteiger partial charge in [0.1, 0.15) is 0 Å². The molecule has 10 rings (SSSR count). The van der Waals surface area contributed by atoms with E-state index in [9.17, 15) is 0 Å². The van der Waals surface area contributed by atoms with E-state index in [4.69, 9.17) is 9.97 Å². The molecule has 0 radical (unpaired) electrons. The van der Waals surface area contributed by atoms with Gasteiger partial charge in [-0.2, -0.15) is 69.0 Å². The maximum absolute atomic E-state index is 4.78. The maximum atomic E-state index is 4.78. The van der Waals surface area contributed by atoms with Crippen LogP contribution in [0.2, 0.25) is 0 Å². The second kappa shape index (κ2) is 17.8. The Morgan fingerprint density at radius 1 is 0.356 bits per heavy atom. The Morgan fingerprint density at radius 2 is 0.780 bits per heavy atom. The standard InChI is InChI=1S/C50H31B2N5.2Pd/c1-3-16-38(17-4-1)51(40-20-11-14-36(32-40)46-22-7-9-28-53-46)42-24-26-44-45-27-25-43(35-49(45)57(48(44)34-42)50-55-30-13-31-56-50)52(39-18-5-2-6-19-39)41-21-12-15-37(33-41)47-23-8-10-29-54-47;;/h1-31H;;/q-4;2*+2. The number of nitrogens with zero attached hydrogens (tertiary/aromatic N) is 5. The van der Waals surface area contributed by atoms with E-state index in [1.807, 2.05) is 54.9 Å². The van der Waals surface area contributed by atoms with Gasteiger partial charge in [-0.05, 0) is 29.6 Å². The van der Waals surface area contributed by atoms with Crippen molar-refractivity contribution in [2.24, 2.45) is 0 Å². The number of benzene rings is 6. The predicted octanol–water partition coefficient (Wildman–Crippen LogP) is 5.93. The van der Waals surface area contributed by atoms with Crippen LogP contribution in [0.15, 0.2) is 189 Å². The van der Waals surface area contributed by atoms with Gasteiger partial charge in [0.25, 0.3) is 0 Å². The van der Waals surface area contributed by atoms with Crippen LogP contribution in [-0.2, 0) is 40.8 Å².